The van der Waals surface area contributed by atoms with Crippen molar-refractivity contribution in [1.82, 2.24) is 15.1 Å². The van der Waals surface area contributed by atoms with E-state index in [1.54, 1.807) is 20.3 Å². The number of carbonyl (C=O) groups excluding carboxylic acids is 1. The van der Waals surface area contributed by atoms with E-state index in [0.717, 1.165) is 22.3 Å². The average Bonchev–Trinajstić information content (AvgIpc) is 3.15. The number of aromatic hydroxyl groups is 2. The summed E-state index contributed by atoms with van der Waals surface area (Å²) in [6, 6.07) is 17.3. The van der Waals surface area contributed by atoms with Crippen LogP contribution in [0.4, 0.5) is 0 Å². The van der Waals surface area contributed by atoms with Gasteiger partial charge in [-0.2, -0.15) is 5.26 Å². The highest BCUT2D eigenvalue weighted by atomic mass is 16.5. The van der Waals surface area contributed by atoms with Gasteiger partial charge in [0.05, 0.1) is 46.6 Å². The van der Waals surface area contributed by atoms with Gasteiger partial charge < -0.3 is 34.5 Å². The topological polar surface area (TPSA) is 137 Å². The van der Waals surface area contributed by atoms with Crippen LogP contribution in [-0.4, -0.2) is 86.1 Å². The third kappa shape index (κ3) is 5.12. The minimum atomic E-state index is -0.675. The lowest BCUT2D eigenvalue weighted by molar-refractivity contribution is -0.0724. The van der Waals surface area contributed by atoms with E-state index in [9.17, 15) is 20.3 Å². The largest absolute Gasteiger partial charge is 0.504 e. The second kappa shape index (κ2) is 13.6. The van der Waals surface area contributed by atoms with Gasteiger partial charge in [-0.05, 0) is 50.9 Å². The molecule has 3 N–H and O–H groups in total. The lowest BCUT2D eigenvalue weighted by atomic mass is 9.71. The Balaban J connectivity index is 1.41. The van der Waals surface area contributed by atoms with Crippen LogP contribution in [0.5, 0.6) is 34.5 Å². The van der Waals surface area contributed by atoms with Crippen molar-refractivity contribution in [3.8, 4) is 51.7 Å². The molecule has 2 bridgehead atoms. The fourth-order valence-corrected chi connectivity index (χ4v) is 9.25. The maximum absolute atomic E-state index is 14.1. The monoisotopic (exact) mass is 704 g/mol. The van der Waals surface area contributed by atoms with Gasteiger partial charge in [-0.1, -0.05) is 48.5 Å². The molecule has 52 heavy (non-hydrogen) atoms. The van der Waals surface area contributed by atoms with Crippen molar-refractivity contribution in [2.24, 2.45) is 0 Å². The first-order valence-electron chi connectivity index (χ1n) is 17.4. The Labute approximate surface area is 303 Å². The smallest absolute Gasteiger partial charge is 0.251 e. The summed E-state index contributed by atoms with van der Waals surface area (Å²) in [4.78, 5) is 18.4. The highest BCUT2D eigenvalue weighted by Gasteiger charge is 2.57. The molecular weight excluding hydrogens is 660 g/mol. The Morgan fingerprint density at radius 2 is 1.35 bits per heavy atom. The minimum absolute atomic E-state index is 0.0374. The number of phenols is 2. The number of carbonyl (C=O) groups is 1. The summed E-state index contributed by atoms with van der Waals surface area (Å²) in [7, 11) is 8.20. The third-order valence-corrected chi connectivity index (χ3v) is 11.4. The van der Waals surface area contributed by atoms with Crippen molar-refractivity contribution in [1.29, 1.82) is 5.26 Å². The number of ether oxygens (including phenoxy) is 4. The second-order valence-corrected chi connectivity index (χ2v) is 13.7. The predicted octanol–water partition coefficient (Wildman–Crippen LogP) is 5.62. The van der Waals surface area contributed by atoms with E-state index in [1.165, 1.54) is 14.2 Å². The Morgan fingerprint density at radius 1 is 0.808 bits per heavy atom. The Bertz CT molecular complexity index is 2100. The summed E-state index contributed by atoms with van der Waals surface area (Å²) >= 11 is 0. The van der Waals surface area contributed by atoms with E-state index in [-0.39, 0.29) is 35.7 Å². The van der Waals surface area contributed by atoms with E-state index in [2.05, 4.69) is 21.2 Å². The molecule has 0 radical (unpaired) electrons. The summed E-state index contributed by atoms with van der Waals surface area (Å²) in [6.07, 6.45) is 0.795. The zero-order valence-corrected chi connectivity index (χ0v) is 30.5. The first kappa shape index (κ1) is 35.0. The molecular formula is C41H44N4O7. The fourth-order valence-electron chi connectivity index (χ4n) is 9.25. The maximum Gasteiger partial charge on any atom is 0.251 e. The SMILES string of the molecule is COc1c(C)c(OC)c2c(c1O)[C@@H]1[C@@H]3Cc4c(OC)c(C)c(OC)c(O)c4[C@H](CNC(=O)c4ccccc4-c4ccccc4)N3C(C#N)[C@H](C2)N1C. The molecule has 0 aromatic heterocycles. The number of rotatable bonds is 8. The third-order valence-electron chi connectivity index (χ3n) is 11.4. The van der Waals surface area contributed by atoms with Gasteiger partial charge in [-0.25, -0.2) is 0 Å². The highest BCUT2D eigenvalue weighted by Crippen LogP contribution is 2.58. The molecule has 5 atom stereocenters. The number of nitrogens with one attached hydrogen (secondary N) is 1. The summed E-state index contributed by atoms with van der Waals surface area (Å²) in [6.45, 7) is 3.76. The van der Waals surface area contributed by atoms with Crippen LogP contribution in [0.2, 0.25) is 0 Å². The summed E-state index contributed by atoms with van der Waals surface area (Å²) in [5, 5.41) is 38.0. The van der Waals surface area contributed by atoms with E-state index in [0.29, 0.717) is 57.9 Å². The molecule has 3 heterocycles. The fraction of sp³-hybridized carbons (Fsp3) is 0.366. The molecule has 0 spiro atoms. The Morgan fingerprint density at radius 3 is 1.94 bits per heavy atom. The van der Waals surface area contributed by atoms with E-state index in [1.807, 2.05) is 69.4 Å². The number of nitrogens with zero attached hydrogens (tertiary/aromatic N) is 3. The number of benzene rings is 4. The number of phenolic OH excluding ortho intramolecular Hbond substituents is 2. The van der Waals surface area contributed by atoms with Crippen LogP contribution in [0, 0.1) is 25.2 Å². The molecule has 1 amide bonds. The molecule has 0 saturated carbocycles. The quantitative estimate of drug-likeness (QED) is 0.212. The number of methoxy groups -OCH3 is 4. The first-order chi connectivity index (χ1) is 25.1. The zero-order valence-electron chi connectivity index (χ0n) is 30.5. The lowest BCUT2D eigenvalue weighted by Gasteiger charge is -2.60. The Hall–Kier alpha value is -5.44. The molecule has 1 saturated heterocycles. The predicted molar refractivity (Wildman–Crippen MR) is 196 cm³/mol. The van der Waals surface area contributed by atoms with Crippen LogP contribution in [-0.2, 0) is 12.8 Å². The molecule has 7 rings (SSSR count). The molecule has 0 aliphatic carbocycles. The van der Waals surface area contributed by atoms with E-state index < -0.39 is 24.2 Å². The van der Waals surface area contributed by atoms with Crippen molar-refractivity contribution in [3.63, 3.8) is 0 Å². The highest BCUT2D eigenvalue weighted by molar-refractivity contribution is 6.00. The van der Waals surface area contributed by atoms with Gasteiger partial charge in [0, 0.05) is 57.6 Å². The van der Waals surface area contributed by atoms with Crippen LogP contribution < -0.4 is 24.3 Å². The van der Waals surface area contributed by atoms with Gasteiger partial charge in [0.1, 0.15) is 17.5 Å². The minimum Gasteiger partial charge on any atom is -0.504 e. The van der Waals surface area contributed by atoms with E-state index >= 15 is 0 Å². The molecule has 3 aliphatic rings. The molecule has 11 heteroatoms. The maximum atomic E-state index is 14.1. The molecule has 4 aromatic rings. The van der Waals surface area contributed by atoms with Crippen LogP contribution >= 0.6 is 0 Å². The second-order valence-electron chi connectivity index (χ2n) is 13.7. The van der Waals surface area contributed by atoms with Gasteiger partial charge in [-0.15, -0.1) is 0 Å². The normalized spacial score (nSPS) is 21.9. The van der Waals surface area contributed by atoms with E-state index in [4.69, 9.17) is 18.9 Å². The first-order valence-corrected chi connectivity index (χ1v) is 17.4. The molecule has 1 unspecified atom stereocenters. The molecule has 11 nitrogen and oxygen atoms in total. The number of hydrogen-bond acceptors (Lipinski definition) is 10. The number of fused-ring (bicyclic) bond motifs is 7. The van der Waals surface area contributed by atoms with Crippen molar-refractivity contribution in [2.75, 3.05) is 42.0 Å². The number of amides is 1. The van der Waals surface area contributed by atoms with Gasteiger partial charge in [-0.3, -0.25) is 14.6 Å². The molecule has 270 valence electrons. The van der Waals surface area contributed by atoms with Crippen molar-refractivity contribution in [3.05, 3.63) is 93.5 Å². The van der Waals surface area contributed by atoms with Gasteiger partial charge >= 0.3 is 0 Å². The van der Waals surface area contributed by atoms with Gasteiger partial charge in [0.25, 0.3) is 5.91 Å². The average molecular weight is 705 g/mol. The van der Waals surface area contributed by atoms with Crippen LogP contribution in [0.15, 0.2) is 54.6 Å². The molecule has 1 fully saturated rings. The summed E-state index contributed by atoms with van der Waals surface area (Å²) in [5.41, 5.74) is 6.36. The van der Waals surface area contributed by atoms with Crippen molar-refractivity contribution < 1.29 is 34.0 Å². The Kier molecular flexibility index (Phi) is 9.15. The molecule has 3 aliphatic heterocycles. The van der Waals surface area contributed by atoms with Crippen LogP contribution in [0.1, 0.15) is 55.8 Å². The lowest BCUT2D eigenvalue weighted by Crippen LogP contribution is -2.68. The van der Waals surface area contributed by atoms with Crippen molar-refractivity contribution >= 4 is 5.91 Å². The standard InChI is InChI=1S/C41H44N4O7/c1-21-37(49-4)26-18-29-34-33-27(38(50-5)22(2)40(52-7)36(33)47)17-28(44(34)3)30(19-42)45(29)31(32(26)35(46)39(21)51-6)20-43-41(48)25-16-12-11-15-24(25)23-13-9-8-10-14-23/h8-16,28-31,34,46-47H,17-18,20H2,1-7H3,(H,43,48)/t28-,29-,30?,31-,34-/m0/s1. The number of nitriles is 1. The van der Waals surface area contributed by atoms with Crippen LogP contribution in [0.3, 0.4) is 0 Å². The summed E-state index contributed by atoms with van der Waals surface area (Å²) < 4.78 is 23.4. The van der Waals surface area contributed by atoms with Crippen molar-refractivity contribution in [2.45, 2.75) is 56.9 Å². The number of likely N-dealkylation sites (N-methyl/N-ethyl adjacent to an activating group) is 1. The van der Waals surface area contributed by atoms with Gasteiger partial charge in [0.2, 0.25) is 0 Å². The van der Waals surface area contributed by atoms with Gasteiger partial charge in [0.15, 0.2) is 23.0 Å². The number of piperazine rings is 1. The number of hydrogen-bond donors (Lipinski definition) is 3. The molecule has 4 aromatic carbocycles. The van der Waals surface area contributed by atoms with Crippen LogP contribution in [0.25, 0.3) is 11.1 Å². The summed E-state index contributed by atoms with van der Waals surface area (Å²) in [5.74, 6) is 1.50. The zero-order chi connectivity index (χ0) is 37.0.